The molecule has 6 atom stereocenters. The first kappa shape index (κ1) is 30.5. The van der Waals surface area contributed by atoms with Gasteiger partial charge < -0.3 is 14.2 Å². The number of esters is 2. The third-order valence-corrected chi connectivity index (χ3v) is 9.23. The predicted octanol–water partition coefficient (Wildman–Crippen LogP) is 3.67. The lowest BCUT2D eigenvalue weighted by atomic mass is 10.0. The van der Waals surface area contributed by atoms with Crippen LogP contribution in [-0.2, 0) is 41.9 Å². The van der Waals surface area contributed by atoms with Gasteiger partial charge >= 0.3 is 25.5 Å². The summed E-state index contributed by atoms with van der Waals surface area (Å²) < 4.78 is 48.8. The average Bonchev–Trinajstić information content (AvgIpc) is 3.91. The molecule has 2 aliphatic carbocycles. The lowest BCUT2D eigenvalue weighted by Gasteiger charge is -2.33. The highest BCUT2D eigenvalue weighted by atomic mass is 35.5. The van der Waals surface area contributed by atoms with Gasteiger partial charge in [-0.05, 0) is 48.9 Å². The van der Waals surface area contributed by atoms with Gasteiger partial charge in [0.05, 0.1) is 31.2 Å². The highest BCUT2D eigenvalue weighted by Gasteiger charge is 2.62. The topological polar surface area (TPSA) is 210 Å². The molecule has 0 spiro atoms. The lowest BCUT2D eigenvalue weighted by molar-refractivity contribution is -0.175. The largest absolute Gasteiger partial charge is 0.475 e. The normalized spacial score (nSPS) is 31.6. The fourth-order valence-corrected chi connectivity index (χ4v) is 6.55. The Hall–Kier alpha value is -3.49. The molecule has 234 valence electrons. The van der Waals surface area contributed by atoms with Crippen molar-refractivity contribution >= 4 is 31.4 Å². The molecule has 1 aromatic carbocycles. The van der Waals surface area contributed by atoms with Crippen molar-refractivity contribution in [3.05, 3.63) is 78.4 Å². The summed E-state index contributed by atoms with van der Waals surface area (Å²) in [5, 5.41) is 4.18. The van der Waals surface area contributed by atoms with E-state index in [-0.39, 0.29) is 6.61 Å². The van der Waals surface area contributed by atoms with Crippen molar-refractivity contribution in [3.8, 4) is 0 Å². The molecular weight excluding hydrogens is 625 g/mol. The van der Waals surface area contributed by atoms with Crippen molar-refractivity contribution < 1.29 is 41.9 Å². The van der Waals surface area contributed by atoms with Gasteiger partial charge in [0.15, 0.2) is 18.4 Å². The summed E-state index contributed by atoms with van der Waals surface area (Å²) in [4.78, 5) is 55.4. The van der Waals surface area contributed by atoms with Gasteiger partial charge in [0.25, 0.3) is 5.56 Å². The highest BCUT2D eigenvalue weighted by Crippen LogP contribution is 2.58. The first-order chi connectivity index (χ1) is 21.1. The predicted molar refractivity (Wildman–Crippen MR) is 148 cm³/mol. The minimum Gasteiger partial charge on any atom is -0.455 e. The van der Waals surface area contributed by atoms with E-state index in [4.69, 9.17) is 39.4 Å². The molecule has 4 fully saturated rings. The zero-order chi connectivity index (χ0) is 31.1. The Morgan fingerprint density at radius 2 is 1.86 bits per heavy atom. The van der Waals surface area contributed by atoms with E-state index in [1.54, 1.807) is 24.3 Å². The molecule has 2 saturated carbocycles. The maximum absolute atomic E-state index is 13.7. The van der Waals surface area contributed by atoms with Gasteiger partial charge in [0, 0.05) is 28.6 Å². The maximum Gasteiger partial charge on any atom is 0.475 e. The van der Waals surface area contributed by atoms with Gasteiger partial charge in [-0.1, -0.05) is 28.8 Å². The molecule has 0 radical (unpaired) electrons. The smallest absolute Gasteiger partial charge is 0.455 e. The fraction of sp³-hybridized carbons (Fsp3) is 0.538. The number of aromatic nitrogens is 2. The third kappa shape index (κ3) is 6.47. The van der Waals surface area contributed by atoms with Crippen molar-refractivity contribution in [1.29, 1.82) is 0 Å². The Bertz CT molecular complexity index is 1670. The molecule has 0 amide bonds. The first-order valence-corrected chi connectivity index (χ1v) is 15.7. The van der Waals surface area contributed by atoms with Crippen LogP contribution in [0.2, 0.25) is 5.02 Å². The van der Waals surface area contributed by atoms with Gasteiger partial charge in [-0.2, -0.15) is 0 Å². The number of ether oxygens (including phenoxy) is 3. The van der Waals surface area contributed by atoms with E-state index in [0.717, 1.165) is 16.8 Å². The van der Waals surface area contributed by atoms with Crippen molar-refractivity contribution in [3.63, 3.8) is 0 Å². The summed E-state index contributed by atoms with van der Waals surface area (Å²) in [5.41, 5.74) is 6.24. The second kappa shape index (κ2) is 12.1. The Morgan fingerprint density at radius 1 is 1.14 bits per heavy atom. The molecule has 0 unspecified atom stereocenters. The zero-order valence-electron chi connectivity index (χ0n) is 23.0. The number of H-pyrrole nitrogens is 1. The SMILES string of the molecule is [N-]=[N+]=N[C@]1(CO[P@@]2(=O)OCC[C@@H](c3cccc(Cl)c3)O2)O[C@@H](n2ccc(=O)[nH]c2=O)[C@H](OC(=O)C2CC2)[C@@H]1OC(=O)C1CC1. The van der Waals surface area contributed by atoms with Crippen LogP contribution in [0.4, 0.5) is 0 Å². The molecule has 0 bridgehead atoms. The molecule has 2 aromatic rings. The number of rotatable bonds is 10. The number of hydrogen-bond donors (Lipinski definition) is 1. The van der Waals surface area contributed by atoms with Crippen LogP contribution in [0.1, 0.15) is 50.0 Å². The van der Waals surface area contributed by atoms with E-state index < -0.39 is 79.7 Å². The van der Waals surface area contributed by atoms with E-state index in [0.29, 0.717) is 42.7 Å². The van der Waals surface area contributed by atoms with Crippen molar-refractivity contribution in [2.45, 2.75) is 62.4 Å². The number of aromatic amines is 1. The van der Waals surface area contributed by atoms with Crippen LogP contribution in [0.3, 0.4) is 0 Å². The summed E-state index contributed by atoms with van der Waals surface area (Å²) in [6.07, 6.45) is -1.86. The van der Waals surface area contributed by atoms with Crippen LogP contribution in [0.25, 0.3) is 10.4 Å². The minimum absolute atomic E-state index is 0.0268. The Balaban J connectivity index is 1.35. The second-order valence-electron chi connectivity index (χ2n) is 10.9. The van der Waals surface area contributed by atoms with Gasteiger partial charge in [-0.25, -0.2) is 9.36 Å². The molecule has 18 heteroatoms. The van der Waals surface area contributed by atoms with E-state index in [1.165, 1.54) is 0 Å². The number of phosphoric ester groups is 1. The summed E-state index contributed by atoms with van der Waals surface area (Å²) in [6, 6.07) is 7.76. The Morgan fingerprint density at radius 3 is 2.52 bits per heavy atom. The molecule has 4 aliphatic rings. The summed E-state index contributed by atoms with van der Waals surface area (Å²) in [5.74, 6) is -2.20. The quantitative estimate of drug-likeness (QED) is 0.129. The van der Waals surface area contributed by atoms with E-state index in [1.807, 2.05) is 0 Å². The molecule has 3 heterocycles. The molecule has 44 heavy (non-hydrogen) atoms. The van der Waals surface area contributed by atoms with E-state index >= 15 is 0 Å². The summed E-state index contributed by atoms with van der Waals surface area (Å²) >= 11 is 6.11. The second-order valence-corrected chi connectivity index (χ2v) is 12.9. The number of phosphoric acid groups is 1. The number of azide groups is 1. The van der Waals surface area contributed by atoms with Gasteiger partial charge in [0.1, 0.15) is 0 Å². The van der Waals surface area contributed by atoms with Crippen molar-refractivity contribution in [1.82, 2.24) is 9.55 Å². The van der Waals surface area contributed by atoms with Crippen LogP contribution in [0.5, 0.6) is 0 Å². The van der Waals surface area contributed by atoms with Crippen LogP contribution in [0.15, 0.2) is 51.2 Å². The standard InChI is InChI=1S/C26H27ClN5O11P/c27-17-3-1-2-16(12-17)18-9-11-38-44(37,43-18)39-13-26(30-31-28)21(41-24(35)15-6-7-15)20(40-23(34)14-4-5-14)22(42-26)32-10-8-19(33)29-25(32)36/h1-3,8,10,12,14-15,18,20-22H,4-7,9,11,13H2,(H,29,33,36)/t18-,20+,21-,22+,26+,44+/m0/s1. The number of halogens is 1. The molecule has 2 aliphatic heterocycles. The average molecular weight is 652 g/mol. The molecular formula is C26H27ClN5O11P. The number of hydrogen-bond acceptors (Lipinski definition) is 12. The number of nitrogens with zero attached hydrogens (tertiary/aromatic N) is 4. The van der Waals surface area contributed by atoms with Crippen LogP contribution < -0.4 is 11.2 Å². The summed E-state index contributed by atoms with van der Waals surface area (Å²) in [7, 11) is -4.37. The van der Waals surface area contributed by atoms with Crippen LogP contribution >= 0.6 is 19.4 Å². The van der Waals surface area contributed by atoms with Gasteiger partial charge in [-0.15, -0.1) is 0 Å². The number of carbonyl (C=O) groups is 2. The van der Waals surface area contributed by atoms with Crippen LogP contribution in [0, 0.1) is 11.8 Å². The van der Waals surface area contributed by atoms with Gasteiger partial charge in [-0.3, -0.25) is 37.5 Å². The molecule has 16 nitrogen and oxygen atoms in total. The van der Waals surface area contributed by atoms with E-state index in [9.17, 15) is 29.3 Å². The minimum atomic E-state index is -4.37. The zero-order valence-corrected chi connectivity index (χ0v) is 24.6. The Labute approximate surface area is 253 Å². The summed E-state index contributed by atoms with van der Waals surface area (Å²) in [6.45, 7) is -0.897. The number of benzene rings is 1. The third-order valence-electron chi connectivity index (χ3n) is 7.54. The first-order valence-electron chi connectivity index (χ1n) is 13.9. The Kier molecular flexibility index (Phi) is 8.42. The fourth-order valence-electron chi connectivity index (χ4n) is 4.95. The maximum atomic E-state index is 13.7. The molecule has 1 aromatic heterocycles. The monoisotopic (exact) mass is 651 g/mol. The lowest BCUT2D eigenvalue weighted by Crippen LogP contribution is -2.49. The van der Waals surface area contributed by atoms with Crippen molar-refractivity contribution in [2.24, 2.45) is 17.0 Å². The number of carbonyl (C=O) groups excluding carboxylic acids is 2. The highest BCUT2D eigenvalue weighted by molar-refractivity contribution is 7.48. The van der Waals surface area contributed by atoms with Crippen molar-refractivity contribution in [2.75, 3.05) is 13.2 Å². The van der Waals surface area contributed by atoms with Gasteiger partial charge in [0.2, 0.25) is 5.72 Å². The molecule has 1 N–H and O–H groups in total. The molecule has 2 saturated heterocycles. The molecule has 6 rings (SSSR count). The van der Waals surface area contributed by atoms with E-state index in [2.05, 4.69) is 15.0 Å². The van der Waals surface area contributed by atoms with Crippen LogP contribution in [-0.4, -0.2) is 52.6 Å². The number of nitrogens with one attached hydrogen (secondary N) is 1.